The summed E-state index contributed by atoms with van der Waals surface area (Å²) in [6.07, 6.45) is 1.72. The lowest BCUT2D eigenvalue weighted by Crippen LogP contribution is -2.31. The van der Waals surface area contributed by atoms with E-state index in [2.05, 4.69) is 10.3 Å². The number of anilines is 1. The van der Waals surface area contributed by atoms with Crippen molar-refractivity contribution in [3.8, 4) is 0 Å². The first kappa shape index (κ1) is 10.3. The average Bonchev–Trinajstić information content (AvgIpc) is 2.60. The van der Waals surface area contributed by atoms with Gasteiger partial charge in [0, 0.05) is 18.8 Å². The van der Waals surface area contributed by atoms with E-state index in [1.807, 2.05) is 16.7 Å². The molecule has 0 saturated carbocycles. The normalized spacial score (nSPS) is 10.5. The summed E-state index contributed by atoms with van der Waals surface area (Å²) < 4.78 is 1.92. The first-order valence-electron chi connectivity index (χ1n) is 4.90. The summed E-state index contributed by atoms with van der Waals surface area (Å²) in [6, 6.07) is 5.00. The van der Waals surface area contributed by atoms with Gasteiger partial charge in [0.25, 0.3) is 0 Å². The number of carbonyl (C=O) groups is 1. The van der Waals surface area contributed by atoms with Gasteiger partial charge in [-0.15, -0.1) is 0 Å². The highest BCUT2D eigenvalue weighted by atomic mass is 16.2. The number of carbonyl (C=O) groups excluding carboxylic acids is 1. The van der Waals surface area contributed by atoms with Gasteiger partial charge in [-0.3, -0.25) is 0 Å². The molecule has 5 N–H and O–H groups in total. The van der Waals surface area contributed by atoms with Crippen LogP contribution in [-0.4, -0.2) is 22.1 Å². The highest BCUT2D eigenvalue weighted by molar-refractivity contribution is 5.79. The molecule has 6 nitrogen and oxygen atoms in total. The van der Waals surface area contributed by atoms with Crippen LogP contribution in [0.25, 0.3) is 11.0 Å². The molecular formula is C10H13N5O. The van der Waals surface area contributed by atoms with Crippen molar-refractivity contribution in [2.45, 2.75) is 6.54 Å². The summed E-state index contributed by atoms with van der Waals surface area (Å²) in [5, 5.41) is 2.52. The average molecular weight is 219 g/mol. The number of benzene rings is 1. The Morgan fingerprint density at radius 3 is 3.06 bits per heavy atom. The molecular weight excluding hydrogens is 206 g/mol. The Hall–Kier alpha value is -2.24. The minimum absolute atomic E-state index is 0.468. The summed E-state index contributed by atoms with van der Waals surface area (Å²) in [5.74, 6) is 0. The van der Waals surface area contributed by atoms with Crippen LogP contribution in [0.3, 0.4) is 0 Å². The van der Waals surface area contributed by atoms with Gasteiger partial charge in [-0.25, -0.2) is 9.78 Å². The molecule has 6 heteroatoms. The zero-order valence-electron chi connectivity index (χ0n) is 8.68. The van der Waals surface area contributed by atoms with Gasteiger partial charge in [0.15, 0.2) is 0 Å². The lowest BCUT2D eigenvalue weighted by Gasteiger charge is -2.04. The second-order valence-corrected chi connectivity index (χ2v) is 3.48. The number of primary amides is 1. The molecule has 1 aromatic heterocycles. The van der Waals surface area contributed by atoms with E-state index >= 15 is 0 Å². The summed E-state index contributed by atoms with van der Waals surface area (Å²) in [6.45, 7) is 1.08. The smallest absolute Gasteiger partial charge is 0.312 e. The molecule has 2 aromatic rings. The maximum absolute atomic E-state index is 10.5. The molecule has 0 spiro atoms. The van der Waals surface area contributed by atoms with Crippen molar-refractivity contribution in [1.82, 2.24) is 14.9 Å². The van der Waals surface area contributed by atoms with E-state index in [0.29, 0.717) is 18.8 Å². The van der Waals surface area contributed by atoms with Gasteiger partial charge in [0.1, 0.15) is 0 Å². The van der Waals surface area contributed by atoms with E-state index in [-0.39, 0.29) is 0 Å². The van der Waals surface area contributed by atoms with Crippen LogP contribution in [0.5, 0.6) is 0 Å². The first-order valence-corrected chi connectivity index (χ1v) is 4.90. The summed E-state index contributed by atoms with van der Waals surface area (Å²) >= 11 is 0. The van der Waals surface area contributed by atoms with Gasteiger partial charge < -0.3 is 21.4 Å². The van der Waals surface area contributed by atoms with Crippen molar-refractivity contribution in [2.24, 2.45) is 5.73 Å². The molecule has 16 heavy (non-hydrogen) atoms. The standard InChI is InChI=1S/C10H13N5O/c11-7-1-2-8-9(5-7)15(6-14-8)4-3-13-10(12)16/h1-2,5-6H,3-4,11H2,(H3,12,13,16). The summed E-state index contributed by atoms with van der Waals surface area (Å²) in [5.41, 5.74) is 13.2. The Morgan fingerprint density at radius 2 is 2.31 bits per heavy atom. The van der Waals surface area contributed by atoms with Crippen LogP contribution in [0, 0.1) is 0 Å². The third-order valence-electron chi connectivity index (χ3n) is 2.30. The van der Waals surface area contributed by atoms with Crippen LogP contribution in [0.4, 0.5) is 10.5 Å². The van der Waals surface area contributed by atoms with Gasteiger partial charge in [0.05, 0.1) is 17.4 Å². The lowest BCUT2D eigenvalue weighted by molar-refractivity contribution is 0.248. The first-order chi connectivity index (χ1) is 7.66. The van der Waals surface area contributed by atoms with Crippen LogP contribution in [0.15, 0.2) is 24.5 Å². The summed E-state index contributed by atoms with van der Waals surface area (Å²) in [7, 11) is 0. The maximum atomic E-state index is 10.5. The molecule has 0 bridgehead atoms. The second-order valence-electron chi connectivity index (χ2n) is 3.48. The molecule has 2 rings (SSSR count). The third kappa shape index (κ3) is 2.05. The molecule has 1 heterocycles. The SMILES string of the molecule is NC(=O)NCCn1cnc2ccc(N)cc21. The van der Waals surface area contributed by atoms with Crippen molar-refractivity contribution < 1.29 is 4.79 Å². The van der Waals surface area contributed by atoms with Crippen molar-refractivity contribution in [1.29, 1.82) is 0 Å². The van der Waals surface area contributed by atoms with Crippen LogP contribution in [0.2, 0.25) is 0 Å². The van der Waals surface area contributed by atoms with Crippen LogP contribution < -0.4 is 16.8 Å². The molecule has 0 aliphatic carbocycles. The number of amides is 2. The predicted octanol–water partition coefficient (Wildman–Crippen LogP) is 0.287. The molecule has 0 saturated heterocycles. The zero-order valence-corrected chi connectivity index (χ0v) is 8.68. The Bertz CT molecular complexity index is 519. The second kappa shape index (κ2) is 4.09. The highest BCUT2D eigenvalue weighted by Gasteiger charge is 2.02. The number of nitrogens with zero attached hydrogens (tertiary/aromatic N) is 2. The number of rotatable bonds is 3. The minimum atomic E-state index is -0.524. The van der Waals surface area contributed by atoms with E-state index in [9.17, 15) is 4.79 Å². The molecule has 0 aliphatic heterocycles. The number of nitrogen functional groups attached to an aromatic ring is 1. The number of hydrogen-bond donors (Lipinski definition) is 3. The molecule has 2 amide bonds. The van der Waals surface area contributed by atoms with Crippen molar-refractivity contribution in [3.05, 3.63) is 24.5 Å². The number of nitrogens with two attached hydrogens (primary N) is 2. The van der Waals surface area contributed by atoms with Crippen molar-refractivity contribution in [2.75, 3.05) is 12.3 Å². The Labute approximate surface area is 92.2 Å². The number of urea groups is 1. The Kier molecular flexibility index (Phi) is 2.63. The van der Waals surface area contributed by atoms with Gasteiger partial charge in [-0.2, -0.15) is 0 Å². The zero-order chi connectivity index (χ0) is 11.5. The number of nitrogens with one attached hydrogen (secondary N) is 1. The summed E-state index contributed by atoms with van der Waals surface area (Å²) in [4.78, 5) is 14.7. The molecule has 0 fully saturated rings. The van der Waals surface area contributed by atoms with E-state index in [0.717, 1.165) is 11.0 Å². The number of fused-ring (bicyclic) bond motifs is 1. The van der Waals surface area contributed by atoms with Crippen LogP contribution >= 0.6 is 0 Å². The maximum Gasteiger partial charge on any atom is 0.312 e. The molecule has 0 radical (unpaired) electrons. The molecule has 0 unspecified atom stereocenters. The predicted molar refractivity (Wildman–Crippen MR) is 61.7 cm³/mol. The van der Waals surface area contributed by atoms with Gasteiger partial charge >= 0.3 is 6.03 Å². The lowest BCUT2D eigenvalue weighted by atomic mass is 10.3. The number of imidazole rings is 1. The molecule has 0 aliphatic rings. The minimum Gasteiger partial charge on any atom is -0.399 e. The highest BCUT2D eigenvalue weighted by Crippen LogP contribution is 2.15. The largest absolute Gasteiger partial charge is 0.399 e. The number of hydrogen-bond acceptors (Lipinski definition) is 3. The number of aromatic nitrogens is 2. The van der Waals surface area contributed by atoms with Gasteiger partial charge in [-0.1, -0.05) is 0 Å². The third-order valence-corrected chi connectivity index (χ3v) is 2.30. The van der Waals surface area contributed by atoms with Gasteiger partial charge in [0.2, 0.25) is 0 Å². The Morgan fingerprint density at radius 1 is 1.50 bits per heavy atom. The fraction of sp³-hybridized carbons (Fsp3) is 0.200. The van der Waals surface area contributed by atoms with E-state index in [1.54, 1.807) is 12.4 Å². The molecule has 84 valence electrons. The van der Waals surface area contributed by atoms with E-state index in [1.165, 1.54) is 0 Å². The monoisotopic (exact) mass is 219 g/mol. The fourth-order valence-corrected chi connectivity index (χ4v) is 1.55. The van der Waals surface area contributed by atoms with Crippen LogP contribution in [0.1, 0.15) is 0 Å². The molecule has 1 aromatic carbocycles. The van der Waals surface area contributed by atoms with Crippen molar-refractivity contribution >= 4 is 22.8 Å². The topological polar surface area (TPSA) is 99.0 Å². The fourth-order valence-electron chi connectivity index (χ4n) is 1.55. The van der Waals surface area contributed by atoms with Gasteiger partial charge in [-0.05, 0) is 18.2 Å². The van der Waals surface area contributed by atoms with Crippen LogP contribution in [-0.2, 0) is 6.54 Å². The van der Waals surface area contributed by atoms with E-state index < -0.39 is 6.03 Å². The van der Waals surface area contributed by atoms with Crippen molar-refractivity contribution in [3.63, 3.8) is 0 Å². The Balaban J connectivity index is 2.17. The van der Waals surface area contributed by atoms with E-state index in [4.69, 9.17) is 11.5 Å². The molecule has 0 atom stereocenters. The quantitative estimate of drug-likeness (QED) is 0.647.